The summed E-state index contributed by atoms with van der Waals surface area (Å²) < 4.78 is 18.8. The summed E-state index contributed by atoms with van der Waals surface area (Å²) in [6.45, 7) is 4.37. The molecular weight excluding hydrogens is 512 g/mol. The number of ether oxygens (including phenoxy) is 3. The van der Waals surface area contributed by atoms with Crippen LogP contribution in [-0.4, -0.2) is 30.9 Å². The number of fused-ring (bicyclic) bond motifs is 1. The van der Waals surface area contributed by atoms with Crippen LogP contribution in [0.1, 0.15) is 36.6 Å². The predicted molar refractivity (Wildman–Crippen MR) is 152 cm³/mol. The Morgan fingerprint density at radius 2 is 1.77 bits per heavy atom. The van der Waals surface area contributed by atoms with E-state index in [-0.39, 0.29) is 12.2 Å². The van der Waals surface area contributed by atoms with E-state index in [2.05, 4.69) is 0 Å². The van der Waals surface area contributed by atoms with Gasteiger partial charge in [-0.3, -0.25) is 9.36 Å². The molecule has 8 heteroatoms. The normalized spacial score (nSPS) is 14.9. The Bertz CT molecular complexity index is 1720. The van der Waals surface area contributed by atoms with E-state index in [9.17, 15) is 9.59 Å². The van der Waals surface area contributed by atoms with E-state index in [4.69, 9.17) is 19.2 Å². The zero-order valence-electron chi connectivity index (χ0n) is 21.9. The molecule has 2 heterocycles. The molecule has 39 heavy (non-hydrogen) atoms. The van der Waals surface area contributed by atoms with Gasteiger partial charge in [-0.1, -0.05) is 72.0 Å². The van der Waals surface area contributed by atoms with Crippen molar-refractivity contribution >= 4 is 29.1 Å². The van der Waals surface area contributed by atoms with Gasteiger partial charge in [0, 0.05) is 11.1 Å². The number of aromatic nitrogens is 1. The zero-order chi connectivity index (χ0) is 27.4. The van der Waals surface area contributed by atoms with Crippen molar-refractivity contribution in [1.82, 2.24) is 4.57 Å². The van der Waals surface area contributed by atoms with Gasteiger partial charge in [-0.15, -0.1) is 0 Å². The molecule has 1 atom stereocenters. The highest BCUT2D eigenvalue weighted by Gasteiger charge is 2.35. The van der Waals surface area contributed by atoms with Crippen LogP contribution in [0.3, 0.4) is 0 Å². The number of benzene rings is 3. The molecule has 0 saturated carbocycles. The number of esters is 1. The minimum absolute atomic E-state index is 0.188. The molecule has 4 aromatic rings. The first kappa shape index (κ1) is 26.2. The van der Waals surface area contributed by atoms with Crippen molar-refractivity contribution < 1.29 is 19.0 Å². The Labute approximate surface area is 229 Å². The average molecular weight is 541 g/mol. The molecule has 0 radical (unpaired) electrons. The minimum Gasteiger partial charge on any atom is -0.497 e. The monoisotopic (exact) mass is 540 g/mol. The lowest BCUT2D eigenvalue weighted by Crippen LogP contribution is -2.40. The third kappa shape index (κ3) is 5.15. The summed E-state index contributed by atoms with van der Waals surface area (Å²) in [5.74, 6) is 0.776. The van der Waals surface area contributed by atoms with E-state index in [1.165, 1.54) is 11.3 Å². The predicted octanol–water partition coefficient (Wildman–Crippen LogP) is 4.34. The van der Waals surface area contributed by atoms with E-state index in [0.717, 1.165) is 11.1 Å². The Morgan fingerprint density at radius 1 is 1.00 bits per heavy atom. The summed E-state index contributed by atoms with van der Waals surface area (Å²) >= 11 is 1.27. The molecular formula is C31H28N2O5S. The van der Waals surface area contributed by atoms with Gasteiger partial charge in [-0.05, 0) is 43.7 Å². The number of carbonyl (C=O) groups is 1. The van der Waals surface area contributed by atoms with E-state index < -0.39 is 12.0 Å². The third-order valence-electron chi connectivity index (χ3n) is 6.29. The summed E-state index contributed by atoms with van der Waals surface area (Å²) in [5, 5.41) is 0. The first-order chi connectivity index (χ1) is 19.0. The standard InChI is InChI=1S/C31H28N2O5S/c1-4-37-24-17-10-9-14-21(24)19-25-29(34)33-28(22-15-11-16-23(18-22)36-3)26(30(35)38-5-2)27(32-31(33)39-25)20-12-7-6-8-13-20/h6-19,28H,4-5H2,1-3H3/b25-19+/t28-/m0/s1. The number of methoxy groups -OCH3 is 1. The van der Waals surface area contributed by atoms with Gasteiger partial charge in [0.05, 0.1) is 42.2 Å². The number of hydrogen-bond acceptors (Lipinski definition) is 7. The molecule has 198 valence electrons. The molecule has 0 fully saturated rings. The van der Waals surface area contributed by atoms with Crippen LogP contribution in [0.15, 0.2) is 94.2 Å². The quantitative estimate of drug-likeness (QED) is 0.311. The van der Waals surface area contributed by atoms with Crippen LogP contribution < -0.4 is 24.4 Å². The fourth-order valence-electron chi connectivity index (χ4n) is 4.60. The van der Waals surface area contributed by atoms with Crippen molar-refractivity contribution in [3.8, 4) is 11.5 Å². The molecule has 7 nitrogen and oxygen atoms in total. The lowest BCUT2D eigenvalue weighted by Gasteiger charge is -2.26. The molecule has 0 saturated heterocycles. The number of thiazole rings is 1. The van der Waals surface area contributed by atoms with Crippen molar-refractivity contribution in [2.24, 2.45) is 4.99 Å². The van der Waals surface area contributed by atoms with Crippen LogP contribution in [0.2, 0.25) is 0 Å². The lowest BCUT2D eigenvalue weighted by molar-refractivity contribution is -0.138. The minimum atomic E-state index is -0.769. The lowest BCUT2D eigenvalue weighted by atomic mass is 9.93. The molecule has 1 aliphatic rings. The summed E-state index contributed by atoms with van der Waals surface area (Å²) in [5.41, 5.74) is 2.77. The highest BCUT2D eigenvalue weighted by atomic mass is 32.1. The second kappa shape index (κ2) is 11.5. The van der Waals surface area contributed by atoms with E-state index in [0.29, 0.717) is 44.3 Å². The summed E-state index contributed by atoms with van der Waals surface area (Å²) in [7, 11) is 1.58. The number of rotatable bonds is 8. The molecule has 0 spiro atoms. The van der Waals surface area contributed by atoms with Gasteiger partial charge in [0.15, 0.2) is 4.80 Å². The van der Waals surface area contributed by atoms with Crippen LogP contribution in [-0.2, 0) is 9.53 Å². The Balaban J connectivity index is 1.83. The maximum Gasteiger partial charge on any atom is 0.338 e. The van der Waals surface area contributed by atoms with Crippen molar-refractivity contribution in [3.05, 3.63) is 121 Å². The van der Waals surface area contributed by atoms with Crippen LogP contribution in [0, 0.1) is 0 Å². The second-order valence-electron chi connectivity index (χ2n) is 8.68. The molecule has 0 N–H and O–H groups in total. The highest BCUT2D eigenvalue weighted by molar-refractivity contribution is 7.07. The van der Waals surface area contributed by atoms with Crippen LogP contribution in [0.4, 0.5) is 0 Å². The molecule has 1 aliphatic heterocycles. The van der Waals surface area contributed by atoms with Gasteiger partial charge in [-0.25, -0.2) is 9.79 Å². The highest BCUT2D eigenvalue weighted by Crippen LogP contribution is 2.36. The smallest absolute Gasteiger partial charge is 0.338 e. The molecule has 0 aliphatic carbocycles. The molecule has 1 aromatic heterocycles. The van der Waals surface area contributed by atoms with Gasteiger partial charge in [0.25, 0.3) is 5.56 Å². The van der Waals surface area contributed by atoms with Crippen molar-refractivity contribution in [1.29, 1.82) is 0 Å². The number of para-hydroxylation sites is 1. The fourth-order valence-corrected chi connectivity index (χ4v) is 5.59. The molecule has 5 rings (SSSR count). The van der Waals surface area contributed by atoms with E-state index in [1.807, 2.05) is 91.9 Å². The van der Waals surface area contributed by atoms with E-state index in [1.54, 1.807) is 18.6 Å². The van der Waals surface area contributed by atoms with Crippen LogP contribution in [0.25, 0.3) is 11.8 Å². The first-order valence-corrected chi connectivity index (χ1v) is 13.5. The van der Waals surface area contributed by atoms with Crippen LogP contribution in [0.5, 0.6) is 11.5 Å². The second-order valence-corrected chi connectivity index (χ2v) is 9.69. The average Bonchev–Trinajstić information content (AvgIpc) is 3.28. The number of hydrogen-bond donors (Lipinski definition) is 0. The zero-order valence-corrected chi connectivity index (χ0v) is 22.7. The Kier molecular flexibility index (Phi) is 7.74. The van der Waals surface area contributed by atoms with Gasteiger partial charge in [0.2, 0.25) is 0 Å². The third-order valence-corrected chi connectivity index (χ3v) is 7.27. The van der Waals surface area contributed by atoms with Gasteiger partial charge >= 0.3 is 5.97 Å². The van der Waals surface area contributed by atoms with E-state index >= 15 is 0 Å². The van der Waals surface area contributed by atoms with Crippen molar-refractivity contribution in [3.63, 3.8) is 0 Å². The van der Waals surface area contributed by atoms with Crippen LogP contribution >= 0.6 is 11.3 Å². The maximum atomic E-state index is 14.0. The Hall–Kier alpha value is -4.43. The van der Waals surface area contributed by atoms with Crippen molar-refractivity contribution in [2.45, 2.75) is 19.9 Å². The maximum absolute atomic E-state index is 14.0. The molecule has 0 bridgehead atoms. The largest absolute Gasteiger partial charge is 0.497 e. The van der Waals surface area contributed by atoms with Gasteiger partial charge in [-0.2, -0.15) is 0 Å². The first-order valence-electron chi connectivity index (χ1n) is 12.7. The molecule has 0 amide bonds. The summed E-state index contributed by atoms with van der Waals surface area (Å²) in [6, 6.07) is 23.7. The molecule has 0 unspecified atom stereocenters. The van der Waals surface area contributed by atoms with Gasteiger partial charge < -0.3 is 14.2 Å². The summed E-state index contributed by atoms with van der Waals surface area (Å²) in [4.78, 5) is 32.9. The number of carbonyl (C=O) groups excluding carboxylic acids is 1. The molecule has 3 aromatic carbocycles. The number of nitrogens with zero attached hydrogens (tertiary/aromatic N) is 2. The topological polar surface area (TPSA) is 79.1 Å². The fraction of sp³-hybridized carbons (Fsp3) is 0.194. The summed E-state index contributed by atoms with van der Waals surface area (Å²) in [6.07, 6.45) is 1.81. The van der Waals surface area contributed by atoms with Crippen molar-refractivity contribution in [2.75, 3.05) is 20.3 Å². The van der Waals surface area contributed by atoms with Gasteiger partial charge in [0.1, 0.15) is 11.5 Å². The Morgan fingerprint density at radius 3 is 2.51 bits per heavy atom. The SMILES string of the molecule is CCOC(=O)C1=C(c2ccccc2)N=c2s/c(=C/c3ccccc3OCC)c(=O)n2[C@H]1c1cccc(OC)c1.